The van der Waals surface area contributed by atoms with Gasteiger partial charge in [-0.05, 0) is 24.6 Å². The Balaban J connectivity index is 1.58. The van der Waals surface area contributed by atoms with Crippen molar-refractivity contribution < 1.29 is 22.7 Å². The lowest BCUT2D eigenvalue weighted by Gasteiger charge is -2.23. The molecule has 0 bridgehead atoms. The van der Waals surface area contributed by atoms with Crippen molar-refractivity contribution in [2.45, 2.75) is 19.0 Å². The SMILES string of the molecule is O=C([C@@H]1C[C@H]1c1ccncn1)N(CCOC(F)F)c1cccc2ocnc12. The standard InChI is InChI=1S/C18H16F2N4O3/c19-18(20)26-7-6-24(14-2-1-3-15-16(14)23-10-27-15)17(25)12-8-11(12)13-4-5-21-9-22-13/h1-5,9-12,18H,6-8H2/t11-,12-/m1/s1. The molecule has 0 aliphatic heterocycles. The molecule has 1 saturated carbocycles. The van der Waals surface area contributed by atoms with Crippen LogP contribution >= 0.6 is 0 Å². The van der Waals surface area contributed by atoms with E-state index in [9.17, 15) is 13.6 Å². The van der Waals surface area contributed by atoms with E-state index in [0.29, 0.717) is 23.2 Å². The molecule has 9 heteroatoms. The average Bonchev–Trinajstić information content (AvgIpc) is 3.34. The molecular formula is C18H16F2N4O3. The van der Waals surface area contributed by atoms with Crippen molar-refractivity contribution in [3.8, 4) is 0 Å². The van der Waals surface area contributed by atoms with Gasteiger partial charge in [-0.15, -0.1) is 0 Å². The van der Waals surface area contributed by atoms with Gasteiger partial charge in [0.2, 0.25) is 5.91 Å². The highest BCUT2D eigenvalue weighted by molar-refractivity contribution is 6.03. The van der Waals surface area contributed by atoms with Crippen LogP contribution < -0.4 is 4.90 Å². The van der Waals surface area contributed by atoms with Gasteiger partial charge >= 0.3 is 6.61 Å². The summed E-state index contributed by atoms with van der Waals surface area (Å²) in [4.78, 5) is 26.8. The number of aromatic nitrogens is 3. The molecule has 2 heterocycles. The molecule has 4 rings (SSSR count). The highest BCUT2D eigenvalue weighted by Gasteiger charge is 2.47. The Morgan fingerprint density at radius 3 is 3.00 bits per heavy atom. The first-order valence-corrected chi connectivity index (χ1v) is 8.44. The second-order valence-electron chi connectivity index (χ2n) is 6.18. The summed E-state index contributed by atoms with van der Waals surface area (Å²) in [5, 5.41) is 0. The number of amides is 1. The van der Waals surface area contributed by atoms with Gasteiger partial charge in [0.25, 0.3) is 0 Å². The fourth-order valence-corrected chi connectivity index (χ4v) is 3.19. The second-order valence-corrected chi connectivity index (χ2v) is 6.18. The summed E-state index contributed by atoms with van der Waals surface area (Å²) in [6, 6.07) is 6.95. The topological polar surface area (TPSA) is 81.4 Å². The highest BCUT2D eigenvalue weighted by atomic mass is 19.3. The largest absolute Gasteiger partial charge is 0.443 e. The smallest absolute Gasteiger partial charge is 0.345 e. The van der Waals surface area contributed by atoms with Crippen molar-refractivity contribution in [1.29, 1.82) is 0 Å². The summed E-state index contributed by atoms with van der Waals surface area (Å²) in [5.41, 5.74) is 2.33. The summed E-state index contributed by atoms with van der Waals surface area (Å²) in [7, 11) is 0. The number of carbonyl (C=O) groups excluding carboxylic acids is 1. The summed E-state index contributed by atoms with van der Waals surface area (Å²) < 4.78 is 34.4. The molecule has 7 nitrogen and oxygen atoms in total. The number of nitrogens with zero attached hydrogens (tertiary/aromatic N) is 4. The van der Waals surface area contributed by atoms with Crippen LogP contribution in [-0.2, 0) is 9.53 Å². The number of carbonyl (C=O) groups is 1. The molecule has 1 fully saturated rings. The number of alkyl halides is 2. The van der Waals surface area contributed by atoms with Gasteiger partial charge in [0.15, 0.2) is 12.0 Å². The molecule has 0 saturated heterocycles. The number of fused-ring (bicyclic) bond motifs is 1. The van der Waals surface area contributed by atoms with Crippen LogP contribution in [0.25, 0.3) is 11.1 Å². The van der Waals surface area contributed by atoms with E-state index in [-0.39, 0.29) is 30.9 Å². The summed E-state index contributed by atoms with van der Waals surface area (Å²) in [6.45, 7) is -3.19. The van der Waals surface area contributed by atoms with Gasteiger partial charge in [-0.1, -0.05) is 6.07 Å². The Hall–Kier alpha value is -2.94. The van der Waals surface area contributed by atoms with E-state index in [1.165, 1.54) is 17.6 Å². The van der Waals surface area contributed by atoms with Crippen LogP contribution in [0.5, 0.6) is 0 Å². The number of ether oxygens (including phenoxy) is 1. The first kappa shape index (κ1) is 17.5. The normalized spacial score (nSPS) is 18.8. The molecule has 2 aromatic heterocycles. The molecule has 1 aromatic carbocycles. The lowest BCUT2D eigenvalue weighted by atomic mass is 10.2. The Morgan fingerprint density at radius 1 is 1.33 bits per heavy atom. The molecule has 0 unspecified atom stereocenters. The van der Waals surface area contributed by atoms with Gasteiger partial charge in [-0.25, -0.2) is 15.0 Å². The van der Waals surface area contributed by atoms with Gasteiger partial charge in [0, 0.05) is 30.3 Å². The predicted octanol–water partition coefficient (Wildman–Crippen LogP) is 2.99. The van der Waals surface area contributed by atoms with Gasteiger partial charge in [-0.3, -0.25) is 4.79 Å². The van der Waals surface area contributed by atoms with Crippen LogP contribution in [-0.4, -0.2) is 40.6 Å². The zero-order valence-electron chi connectivity index (χ0n) is 14.2. The lowest BCUT2D eigenvalue weighted by Crippen LogP contribution is -2.36. The molecule has 0 N–H and O–H groups in total. The lowest BCUT2D eigenvalue weighted by molar-refractivity contribution is -0.130. The molecule has 140 valence electrons. The van der Waals surface area contributed by atoms with Gasteiger partial charge in [0.1, 0.15) is 11.8 Å². The third kappa shape index (κ3) is 3.63. The number of anilines is 1. The third-order valence-electron chi connectivity index (χ3n) is 4.55. The number of benzene rings is 1. The molecule has 3 aromatic rings. The van der Waals surface area contributed by atoms with E-state index in [0.717, 1.165) is 5.69 Å². The Bertz CT molecular complexity index is 935. The summed E-state index contributed by atoms with van der Waals surface area (Å²) in [6.07, 6.45) is 5.01. The van der Waals surface area contributed by atoms with E-state index < -0.39 is 6.61 Å². The van der Waals surface area contributed by atoms with E-state index in [4.69, 9.17) is 4.42 Å². The second kappa shape index (κ2) is 7.36. The number of para-hydroxylation sites is 1. The molecule has 1 aliphatic carbocycles. The molecule has 1 aliphatic rings. The van der Waals surface area contributed by atoms with Crippen LogP contribution in [0.3, 0.4) is 0 Å². The van der Waals surface area contributed by atoms with Crippen molar-refractivity contribution in [1.82, 2.24) is 15.0 Å². The maximum atomic E-state index is 13.1. The number of rotatable bonds is 7. The summed E-state index contributed by atoms with van der Waals surface area (Å²) in [5.74, 6) is -0.448. The first-order chi connectivity index (χ1) is 13.1. The zero-order valence-corrected chi connectivity index (χ0v) is 14.2. The maximum absolute atomic E-state index is 13.1. The van der Waals surface area contributed by atoms with Crippen LogP contribution in [0.4, 0.5) is 14.5 Å². The van der Waals surface area contributed by atoms with Crippen LogP contribution in [0, 0.1) is 5.92 Å². The molecular weight excluding hydrogens is 358 g/mol. The van der Waals surface area contributed by atoms with Crippen LogP contribution in [0.1, 0.15) is 18.0 Å². The monoisotopic (exact) mass is 374 g/mol. The summed E-state index contributed by atoms with van der Waals surface area (Å²) >= 11 is 0. The fourth-order valence-electron chi connectivity index (χ4n) is 3.19. The highest BCUT2D eigenvalue weighted by Crippen LogP contribution is 2.48. The van der Waals surface area contributed by atoms with Gasteiger partial charge < -0.3 is 14.1 Å². The van der Waals surface area contributed by atoms with E-state index in [1.807, 2.05) is 0 Å². The Morgan fingerprint density at radius 2 is 2.22 bits per heavy atom. The number of oxazole rings is 1. The zero-order chi connectivity index (χ0) is 18.8. The van der Waals surface area contributed by atoms with Crippen molar-refractivity contribution in [2.75, 3.05) is 18.1 Å². The van der Waals surface area contributed by atoms with Crippen molar-refractivity contribution in [2.24, 2.45) is 5.92 Å². The molecule has 2 atom stereocenters. The van der Waals surface area contributed by atoms with Gasteiger partial charge in [-0.2, -0.15) is 8.78 Å². The van der Waals surface area contributed by atoms with Crippen molar-refractivity contribution in [3.05, 3.63) is 48.9 Å². The van der Waals surface area contributed by atoms with Crippen molar-refractivity contribution >= 4 is 22.7 Å². The van der Waals surface area contributed by atoms with E-state index in [1.54, 1.807) is 30.5 Å². The Labute approximate surface area is 153 Å². The van der Waals surface area contributed by atoms with Crippen LogP contribution in [0.2, 0.25) is 0 Å². The number of halogens is 2. The van der Waals surface area contributed by atoms with E-state index in [2.05, 4.69) is 19.7 Å². The first-order valence-electron chi connectivity index (χ1n) is 8.44. The van der Waals surface area contributed by atoms with Crippen molar-refractivity contribution in [3.63, 3.8) is 0 Å². The molecule has 0 radical (unpaired) electrons. The third-order valence-corrected chi connectivity index (χ3v) is 4.55. The molecule has 27 heavy (non-hydrogen) atoms. The Kier molecular flexibility index (Phi) is 4.76. The minimum absolute atomic E-state index is 0.00414. The predicted molar refractivity (Wildman–Crippen MR) is 91.2 cm³/mol. The molecule has 0 spiro atoms. The minimum atomic E-state index is -2.89. The fraction of sp³-hybridized carbons (Fsp3) is 0.333. The molecule has 1 amide bonds. The minimum Gasteiger partial charge on any atom is -0.443 e. The average molecular weight is 374 g/mol. The number of hydrogen-bond donors (Lipinski definition) is 0. The van der Waals surface area contributed by atoms with Gasteiger partial charge in [0.05, 0.1) is 12.3 Å². The maximum Gasteiger partial charge on any atom is 0.345 e. The number of hydrogen-bond acceptors (Lipinski definition) is 6. The van der Waals surface area contributed by atoms with E-state index >= 15 is 0 Å². The van der Waals surface area contributed by atoms with Crippen LogP contribution in [0.15, 0.2) is 47.6 Å². The quantitative estimate of drug-likeness (QED) is 0.632.